The van der Waals surface area contributed by atoms with Crippen LogP contribution in [0.3, 0.4) is 0 Å². The third-order valence-corrected chi connectivity index (χ3v) is 3.34. The number of carbonyl (C=O) groups is 1. The minimum absolute atomic E-state index is 0.0551. The zero-order valence-electron chi connectivity index (χ0n) is 14.4. The number of anilines is 1. The standard InChI is InChI=1S/C13H19N3O.2C2H6/c1-10-5-7-16(8-6-10)13(17)12-4-3-11(14-2)9-15-12;2*1-2/h3-4,9-10,14H,5-8H2,1-2H3;2*1-2H3. The highest BCUT2D eigenvalue weighted by molar-refractivity contribution is 5.92. The first-order chi connectivity index (χ1) is 10.2. The van der Waals surface area contributed by atoms with Crippen molar-refractivity contribution < 1.29 is 4.79 Å². The van der Waals surface area contributed by atoms with Gasteiger partial charge < -0.3 is 10.2 Å². The molecule has 0 spiro atoms. The largest absolute Gasteiger partial charge is 0.387 e. The molecule has 1 aromatic heterocycles. The zero-order valence-corrected chi connectivity index (χ0v) is 14.4. The molecular formula is C17H31N3O. The number of nitrogens with zero attached hydrogens (tertiary/aromatic N) is 2. The fraction of sp³-hybridized carbons (Fsp3) is 0.647. The highest BCUT2D eigenvalue weighted by Gasteiger charge is 2.21. The first kappa shape index (κ1) is 19.4. The number of carbonyl (C=O) groups excluding carboxylic acids is 1. The van der Waals surface area contributed by atoms with Gasteiger partial charge in [0, 0.05) is 20.1 Å². The maximum Gasteiger partial charge on any atom is 0.272 e. The van der Waals surface area contributed by atoms with E-state index in [2.05, 4.69) is 17.2 Å². The molecule has 0 atom stereocenters. The number of piperidine rings is 1. The Labute approximate surface area is 130 Å². The monoisotopic (exact) mass is 293 g/mol. The van der Waals surface area contributed by atoms with E-state index in [0.29, 0.717) is 5.69 Å². The normalized spacial score (nSPS) is 14.3. The van der Waals surface area contributed by atoms with Crippen LogP contribution in [0.5, 0.6) is 0 Å². The molecule has 0 unspecified atom stereocenters. The summed E-state index contributed by atoms with van der Waals surface area (Å²) in [5.41, 5.74) is 1.47. The summed E-state index contributed by atoms with van der Waals surface area (Å²) in [5, 5.41) is 2.99. The highest BCUT2D eigenvalue weighted by atomic mass is 16.2. The molecule has 1 aromatic rings. The zero-order chi connectivity index (χ0) is 16.3. The second kappa shape index (κ2) is 11.1. The third kappa shape index (κ3) is 6.15. The second-order valence-electron chi connectivity index (χ2n) is 4.66. The van der Waals surface area contributed by atoms with Gasteiger partial charge in [-0.25, -0.2) is 4.98 Å². The van der Waals surface area contributed by atoms with Crippen LogP contribution in [0.4, 0.5) is 5.69 Å². The summed E-state index contributed by atoms with van der Waals surface area (Å²) in [7, 11) is 1.84. The number of aromatic nitrogens is 1. The van der Waals surface area contributed by atoms with Gasteiger partial charge >= 0.3 is 0 Å². The van der Waals surface area contributed by atoms with Crippen LogP contribution in [0.15, 0.2) is 18.3 Å². The van der Waals surface area contributed by atoms with Crippen molar-refractivity contribution in [2.24, 2.45) is 5.92 Å². The van der Waals surface area contributed by atoms with Crippen LogP contribution in [0.2, 0.25) is 0 Å². The van der Waals surface area contributed by atoms with Crippen LogP contribution in [0.25, 0.3) is 0 Å². The number of nitrogens with one attached hydrogen (secondary N) is 1. The van der Waals surface area contributed by atoms with Crippen molar-refractivity contribution in [1.82, 2.24) is 9.88 Å². The van der Waals surface area contributed by atoms with Crippen LogP contribution in [0.1, 0.15) is 57.9 Å². The van der Waals surface area contributed by atoms with Crippen molar-refractivity contribution in [2.45, 2.75) is 47.5 Å². The second-order valence-corrected chi connectivity index (χ2v) is 4.66. The maximum atomic E-state index is 12.1. The van der Waals surface area contributed by atoms with Crippen molar-refractivity contribution >= 4 is 11.6 Å². The van der Waals surface area contributed by atoms with E-state index in [1.54, 1.807) is 12.3 Å². The SMILES string of the molecule is CC.CC.CNc1ccc(C(=O)N2CCC(C)CC2)nc1. The first-order valence-electron chi connectivity index (χ1n) is 8.14. The van der Waals surface area contributed by atoms with Crippen molar-refractivity contribution in [3.05, 3.63) is 24.0 Å². The quantitative estimate of drug-likeness (QED) is 0.894. The summed E-state index contributed by atoms with van der Waals surface area (Å²) < 4.78 is 0. The summed E-state index contributed by atoms with van der Waals surface area (Å²) in [5.74, 6) is 0.790. The Bertz CT molecular complexity index is 382. The lowest BCUT2D eigenvalue weighted by molar-refractivity contribution is 0.0691. The molecule has 2 rings (SSSR count). The van der Waals surface area contributed by atoms with Gasteiger partial charge in [-0.3, -0.25) is 4.79 Å². The Morgan fingerprint density at radius 3 is 2.19 bits per heavy atom. The molecule has 0 radical (unpaired) electrons. The van der Waals surface area contributed by atoms with E-state index in [0.717, 1.165) is 37.5 Å². The van der Waals surface area contributed by atoms with Gasteiger partial charge in [0.05, 0.1) is 11.9 Å². The van der Waals surface area contributed by atoms with Crippen LogP contribution in [0, 0.1) is 5.92 Å². The number of likely N-dealkylation sites (tertiary alicyclic amines) is 1. The van der Waals surface area contributed by atoms with Crippen molar-refractivity contribution in [3.8, 4) is 0 Å². The lowest BCUT2D eigenvalue weighted by atomic mass is 9.99. The van der Waals surface area contributed by atoms with E-state index in [-0.39, 0.29) is 5.91 Å². The van der Waals surface area contributed by atoms with E-state index in [1.807, 2.05) is 45.7 Å². The number of rotatable bonds is 2. The van der Waals surface area contributed by atoms with E-state index in [1.165, 1.54) is 0 Å². The van der Waals surface area contributed by atoms with Crippen LogP contribution in [-0.2, 0) is 0 Å². The van der Waals surface area contributed by atoms with Gasteiger partial charge in [0.15, 0.2) is 0 Å². The number of amides is 1. The first-order valence-corrected chi connectivity index (χ1v) is 8.14. The molecule has 1 aliphatic rings. The van der Waals surface area contributed by atoms with Gasteiger partial charge in [-0.05, 0) is 30.9 Å². The molecule has 0 aromatic carbocycles. The molecule has 1 N–H and O–H groups in total. The molecule has 21 heavy (non-hydrogen) atoms. The van der Waals surface area contributed by atoms with Gasteiger partial charge in [0.2, 0.25) is 0 Å². The van der Waals surface area contributed by atoms with E-state index < -0.39 is 0 Å². The average molecular weight is 293 g/mol. The molecule has 0 aliphatic carbocycles. The Morgan fingerprint density at radius 1 is 1.19 bits per heavy atom. The van der Waals surface area contributed by atoms with Gasteiger partial charge in [0.1, 0.15) is 5.69 Å². The van der Waals surface area contributed by atoms with Crippen LogP contribution < -0.4 is 5.32 Å². The van der Waals surface area contributed by atoms with Crippen molar-refractivity contribution in [3.63, 3.8) is 0 Å². The van der Waals surface area contributed by atoms with Crippen molar-refractivity contribution in [1.29, 1.82) is 0 Å². The Kier molecular flexibility index (Phi) is 10.3. The topological polar surface area (TPSA) is 45.2 Å². The number of hydrogen-bond donors (Lipinski definition) is 1. The molecule has 4 heteroatoms. The van der Waals surface area contributed by atoms with Gasteiger partial charge in [0.25, 0.3) is 5.91 Å². The summed E-state index contributed by atoms with van der Waals surface area (Å²) >= 11 is 0. The molecule has 1 saturated heterocycles. The Hall–Kier alpha value is -1.58. The van der Waals surface area contributed by atoms with E-state index >= 15 is 0 Å². The molecule has 2 heterocycles. The van der Waals surface area contributed by atoms with E-state index in [4.69, 9.17) is 0 Å². The summed E-state index contributed by atoms with van der Waals surface area (Å²) in [6.07, 6.45) is 3.89. The van der Waals surface area contributed by atoms with E-state index in [9.17, 15) is 4.79 Å². The molecule has 0 bridgehead atoms. The molecular weight excluding hydrogens is 262 g/mol. The maximum absolute atomic E-state index is 12.1. The van der Waals surface area contributed by atoms with Gasteiger partial charge in [-0.2, -0.15) is 0 Å². The molecule has 1 aliphatic heterocycles. The predicted octanol–water partition coefficient (Wildman–Crippen LogP) is 4.05. The summed E-state index contributed by atoms with van der Waals surface area (Å²) in [4.78, 5) is 18.2. The number of hydrogen-bond acceptors (Lipinski definition) is 3. The highest BCUT2D eigenvalue weighted by Crippen LogP contribution is 2.17. The molecule has 1 amide bonds. The lowest BCUT2D eigenvalue weighted by Crippen LogP contribution is -2.38. The summed E-state index contributed by atoms with van der Waals surface area (Å²) in [6, 6.07) is 3.67. The van der Waals surface area contributed by atoms with Crippen molar-refractivity contribution in [2.75, 3.05) is 25.5 Å². The Balaban J connectivity index is 0.000000921. The Morgan fingerprint density at radius 2 is 1.76 bits per heavy atom. The fourth-order valence-electron chi connectivity index (χ4n) is 2.04. The van der Waals surface area contributed by atoms with Gasteiger partial charge in [-0.15, -0.1) is 0 Å². The third-order valence-electron chi connectivity index (χ3n) is 3.34. The summed E-state index contributed by atoms with van der Waals surface area (Å²) in [6.45, 7) is 12.0. The predicted molar refractivity (Wildman–Crippen MR) is 90.8 cm³/mol. The smallest absolute Gasteiger partial charge is 0.272 e. The minimum Gasteiger partial charge on any atom is -0.387 e. The molecule has 0 saturated carbocycles. The van der Waals surface area contributed by atoms with Crippen LogP contribution in [-0.4, -0.2) is 35.9 Å². The minimum atomic E-state index is 0.0551. The van der Waals surface area contributed by atoms with Gasteiger partial charge in [-0.1, -0.05) is 34.6 Å². The molecule has 120 valence electrons. The molecule has 4 nitrogen and oxygen atoms in total. The van der Waals surface area contributed by atoms with Crippen LogP contribution >= 0.6 is 0 Å². The average Bonchev–Trinajstić information content (AvgIpc) is 2.58. The molecule has 1 fully saturated rings. The number of pyridine rings is 1. The fourth-order valence-corrected chi connectivity index (χ4v) is 2.04. The lowest BCUT2D eigenvalue weighted by Gasteiger charge is -2.30.